The fourth-order valence-electron chi connectivity index (χ4n) is 2.27. The SMILES string of the molecule is CC1(C)CCN(Cc2ccc(O)c(Br)c2)C1. The maximum Gasteiger partial charge on any atom is 0.129 e. The predicted molar refractivity (Wildman–Crippen MR) is 69.5 cm³/mol. The number of hydrogen-bond donors (Lipinski definition) is 1. The molecular weight excluding hydrogens is 266 g/mol. The molecule has 0 aromatic heterocycles. The molecule has 1 heterocycles. The number of phenols is 1. The van der Waals surface area contributed by atoms with E-state index in [-0.39, 0.29) is 0 Å². The monoisotopic (exact) mass is 283 g/mol. The number of benzene rings is 1. The zero-order chi connectivity index (χ0) is 11.8. The van der Waals surface area contributed by atoms with E-state index in [1.165, 1.54) is 18.5 Å². The molecule has 0 spiro atoms. The number of likely N-dealkylation sites (tertiary alicyclic amines) is 1. The van der Waals surface area contributed by atoms with E-state index in [2.05, 4.69) is 34.7 Å². The summed E-state index contributed by atoms with van der Waals surface area (Å²) in [6, 6.07) is 5.74. The smallest absolute Gasteiger partial charge is 0.129 e. The average Bonchev–Trinajstić information content (AvgIpc) is 2.52. The van der Waals surface area contributed by atoms with Gasteiger partial charge in [0.2, 0.25) is 0 Å². The molecule has 0 saturated carbocycles. The molecule has 0 amide bonds. The van der Waals surface area contributed by atoms with Crippen molar-refractivity contribution in [2.45, 2.75) is 26.8 Å². The van der Waals surface area contributed by atoms with Crippen molar-refractivity contribution >= 4 is 15.9 Å². The Kier molecular flexibility index (Phi) is 3.27. The van der Waals surface area contributed by atoms with Crippen molar-refractivity contribution in [2.24, 2.45) is 5.41 Å². The summed E-state index contributed by atoms with van der Waals surface area (Å²) in [4.78, 5) is 2.47. The van der Waals surface area contributed by atoms with Crippen LogP contribution in [0.4, 0.5) is 0 Å². The van der Waals surface area contributed by atoms with Gasteiger partial charge in [0.15, 0.2) is 0 Å². The van der Waals surface area contributed by atoms with E-state index in [9.17, 15) is 5.11 Å². The largest absolute Gasteiger partial charge is 0.507 e. The quantitative estimate of drug-likeness (QED) is 0.900. The summed E-state index contributed by atoms with van der Waals surface area (Å²) in [6.07, 6.45) is 1.27. The molecule has 1 aliphatic heterocycles. The number of halogens is 1. The number of phenolic OH excluding ortho intramolecular Hbond substituents is 1. The average molecular weight is 284 g/mol. The van der Waals surface area contributed by atoms with Crippen LogP contribution < -0.4 is 0 Å². The third kappa shape index (κ3) is 2.77. The van der Waals surface area contributed by atoms with Crippen molar-refractivity contribution in [3.05, 3.63) is 28.2 Å². The van der Waals surface area contributed by atoms with Crippen molar-refractivity contribution in [3.63, 3.8) is 0 Å². The van der Waals surface area contributed by atoms with Gasteiger partial charge in [0, 0.05) is 13.1 Å². The Bertz CT molecular complexity index is 390. The van der Waals surface area contributed by atoms with Gasteiger partial charge in [-0.1, -0.05) is 19.9 Å². The Hall–Kier alpha value is -0.540. The van der Waals surface area contributed by atoms with Gasteiger partial charge in [0.05, 0.1) is 4.47 Å². The van der Waals surface area contributed by atoms with Crippen molar-refractivity contribution < 1.29 is 5.11 Å². The molecule has 3 heteroatoms. The normalized spacial score (nSPS) is 20.2. The van der Waals surface area contributed by atoms with Crippen LogP contribution in [0.3, 0.4) is 0 Å². The Morgan fingerprint density at radius 3 is 2.75 bits per heavy atom. The Morgan fingerprint density at radius 1 is 1.44 bits per heavy atom. The van der Waals surface area contributed by atoms with Gasteiger partial charge in [-0.25, -0.2) is 0 Å². The van der Waals surface area contributed by atoms with Gasteiger partial charge in [-0.3, -0.25) is 4.90 Å². The molecule has 1 fully saturated rings. The first-order valence-corrected chi connectivity index (χ1v) is 6.45. The molecule has 0 radical (unpaired) electrons. The fraction of sp³-hybridized carbons (Fsp3) is 0.538. The molecule has 0 unspecified atom stereocenters. The first-order valence-electron chi connectivity index (χ1n) is 5.66. The summed E-state index contributed by atoms with van der Waals surface area (Å²) in [7, 11) is 0. The molecule has 1 aromatic rings. The van der Waals surface area contributed by atoms with Gasteiger partial charge in [-0.05, 0) is 52.0 Å². The maximum atomic E-state index is 9.43. The molecule has 1 N–H and O–H groups in total. The minimum Gasteiger partial charge on any atom is -0.507 e. The molecule has 1 saturated heterocycles. The van der Waals surface area contributed by atoms with E-state index in [1.807, 2.05) is 12.1 Å². The number of aromatic hydroxyl groups is 1. The Morgan fingerprint density at radius 2 is 2.19 bits per heavy atom. The lowest BCUT2D eigenvalue weighted by Crippen LogP contribution is -2.22. The summed E-state index contributed by atoms with van der Waals surface area (Å²) >= 11 is 3.35. The molecular formula is C13H18BrNO. The highest BCUT2D eigenvalue weighted by atomic mass is 79.9. The predicted octanol–water partition coefficient (Wildman–Crippen LogP) is 3.39. The first kappa shape index (κ1) is 11.9. The molecule has 2 rings (SSSR count). The van der Waals surface area contributed by atoms with Crippen LogP contribution in [0.5, 0.6) is 5.75 Å². The lowest BCUT2D eigenvalue weighted by molar-refractivity contribution is 0.284. The van der Waals surface area contributed by atoms with Crippen LogP contribution in [0, 0.1) is 5.41 Å². The van der Waals surface area contributed by atoms with Crippen LogP contribution in [0.25, 0.3) is 0 Å². The van der Waals surface area contributed by atoms with Gasteiger partial charge in [-0.2, -0.15) is 0 Å². The minimum atomic E-state index is 0.311. The highest BCUT2D eigenvalue weighted by Gasteiger charge is 2.28. The van der Waals surface area contributed by atoms with Crippen LogP contribution in [0.2, 0.25) is 0 Å². The molecule has 16 heavy (non-hydrogen) atoms. The summed E-state index contributed by atoms with van der Waals surface area (Å²) in [5.41, 5.74) is 1.70. The van der Waals surface area contributed by atoms with Gasteiger partial charge >= 0.3 is 0 Å². The van der Waals surface area contributed by atoms with E-state index < -0.39 is 0 Å². The number of rotatable bonds is 2. The Balaban J connectivity index is 2.02. The van der Waals surface area contributed by atoms with Crippen molar-refractivity contribution in [3.8, 4) is 5.75 Å². The molecule has 2 nitrogen and oxygen atoms in total. The van der Waals surface area contributed by atoms with Gasteiger partial charge < -0.3 is 5.11 Å². The third-order valence-electron chi connectivity index (χ3n) is 3.17. The summed E-state index contributed by atoms with van der Waals surface area (Å²) in [5.74, 6) is 0.311. The van der Waals surface area contributed by atoms with Crippen LogP contribution in [-0.4, -0.2) is 23.1 Å². The zero-order valence-electron chi connectivity index (χ0n) is 9.83. The fourth-order valence-corrected chi connectivity index (χ4v) is 2.69. The van der Waals surface area contributed by atoms with E-state index in [1.54, 1.807) is 6.07 Å². The van der Waals surface area contributed by atoms with Gasteiger partial charge in [-0.15, -0.1) is 0 Å². The molecule has 0 bridgehead atoms. The number of nitrogens with zero attached hydrogens (tertiary/aromatic N) is 1. The van der Waals surface area contributed by atoms with E-state index in [4.69, 9.17) is 0 Å². The van der Waals surface area contributed by atoms with Crippen LogP contribution in [0.15, 0.2) is 22.7 Å². The molecule has 1 aliphatic rings. The highest BCUT2D eigenvalue weighted by Crippen LogP contribution is 2.31. The second-order valence-electron chi connectivity index (χ2n) is 5.41. The van der Waals surface area contributed by atoms with Gasteiger partial charge in [0.1, 0.15) is 5.75 Å². The topological polar surface area (TPSA) is 23.5 Å². The number of hydrogen-bond acceptors (Lipinski definition) is 2. The standard InChI is InChI=1S/C13H18BrNO/c1-13(2)5-6-15(9-13)8-10-3-4-12(16)11(14)7-10/h3-4,7,16H,5-6,8-9H2,1-2H3. The van der Waals surface area contributed by atoms with Crippen LogP contribution >= 0.6 is 15.9 Å². The lowest BCUT2D eigenvalue weighted by Gasteiger charge is -2.19. The second-order valence-corrected chi connectivity index (χ2v) is 6.26. The molecule has 0 aliphatic carbocycles. The Labute approximate surface area is 105 Å². The van der Waals surface area contributed by atoms with Crippen LogP contribution in [-0.2, 0) is 6.54 Å². The van der Waals surface area contributed by atoms with Crippen molar-refractivity contribution in [1.29, 1.82) is 0 Å². The zero-order valence-corrected chi connectivity index (χ0v) is 11.4. The first-order chi connectivity index (χ1) is 7.46. The summed E-state index contributed by atoms with van der Waals surface area (Å²) < 4.78 is 0.781. The summed E-state index contributed by atoms with van der Waals surface area (Å²) in [5, 5.41) is 9.43. The van der Waals surface area contributed by atoms with E-state index in [0.717, 1.165) is 17.6 Å². The molecule has 0 atom stereocenters. The molecule has 1 aromatic carbocycles. The minimum absolute atomic E-state index is 0.311. The van der Waals surface area contributed by atoms with E-state index >= 15 is 0 Å². The highest BCUT2D eigenvalue weighted by molar-refractivity contribution is 9.10. The molecule has 88 valence electrons. The van der Waals surface area contributed by atoms with E-state index in [0.29, 0.717) is 11.2 Å². The second kappa shape index (κ2) is 4.38. The van der Waals surface area contributed by atoms with Crippen molar-refractivity contribution in [1.82, 2.24) is 4.90 Å². The van der Waals surface area contributed by atoms with Crippen molar-refractivity contribution in [2.75, 3.05) is 13.1 Å². The third-order valence-corrected chi connectivity index (χ3v) is 3.81. The lowest BCUT2D eigenvalue weighted by atomic mass is 9.93. The van der Waals surface area contributed by atoms with Gasteiger partial charge in [0.25, 0.3) is 0 Å². The van der Waals surface area contributed by atoms with Crippen LogP contribution in [0.1, 0.15) is 25.8 Å². The summed E-state index contributed by atoms with van der Waals surface area (Å²) in [6.45, 7) is 7.94. The maximum absolute atomic E-state index is 9.43.